The maximum absolute atomic E-state index is 4.94. The summed E-state index contributed by atoms with van der Waals surface area (Å²) in [6, 6.07) is 15.1. The Balaban J connectivity index is 1.90. The Labute approximate surface area is 135 Å². The first kappa shape index (κ1) is 13.6. The maximum Gasteiger partial charge on any atom is 0.127 e. The number of benzene rings is 2. The number of aliphatic imine (C=N–C) groups is 1. The molecule has 0 saturated heterocycles. The van der Waals surface area contributed by atoms with E-state index in [1.165, 1.54) is 27.1 Å². The quantitative estimate of drug-likeness (QED) is 0.777. The van der Waals surface area contributed by atoms with Gasteiger partial charge in [-0.2, -0.15) is 0 Å². The first-order valence-corrected chi connectivity index (χ1v) is 8.31. The van der Waals surface area contributed by atoms with Crippen molar-refractivity contribution in [1.29, 1.82) is 0 Å². The summed E-state index contributed by atoms with van der Waals surface area (Å²) in [6.07, 6.45) is 2.30. The summed E-state index contributed by atoms with van der Waals surface area (Å²) in [6.45, 7) is 6.55. The molecule has 0 spiro atoms. The number of nitrogens with one attached hydrogen (secondary N) is 1. The van der Waals surface area contributed by atoms with Gasteiger partial charge in [0.25, 0.3) is 0 Å². The SMILES string of the molecule is Cc1cccc(C)c1C1=CC2(C)C(=N1)NSc1cccc2c1. The van der Waals surface area contributed by atoms with Crippen molar-refractivity contribution >= 4 is 23.5 Å². The fourth-order valence-corrected chi connectivity index (χ4v) is 4.10. The van der Waals surface area contributed by atoms with Gasteiger partial charge in [-0.15, -0.1) is 0 Å². The van der Waals surface area contributed by atoms with Crippen LogP contribution in [0.2, 0.25) is 0 Å². The van der Waals surface area contributed by atoms with Crippen LogP contribution in [-0.4, -0.2) is 5.84 Å². The summed E-state index contributed by atoms with van der Waals surface area (Å²) in [5.41, 5.74) is 6.00. The zero-order chi connectivity index (χ0) is 15.3. The van der Waals surface area contributed by atoms with E-state index >= 15 is 0 Å². The lowest BCUT2D eigenvalue weighted by molar-refractivity contribution is 0.809. The van der Waals surface area contributed by atoms with Gasteiger partial charge in [-0.3, -0.25) is 0 Å². The van der Waals surface area contributed by atoms with Crippen molar-refractivity contribution in [2.75, 3.05) is 0 Å². The average molecular weight is 306 g/mol. The highest BCUT2D eigenvalue weighted by molar-refractivity contribution is 7.98. The molecule has 0 saturated carbocycles. The molecule has 0 fully saturated rings. The third-order valence-corrected chi connectivity index (χ3v) is 5.37. The predicted molar refractivity (Wildman–Crippen MR) is 94.1 cm³/mol. The monoisotopic (exact) mass is 306 g/mol. The van der Waals surface area contributed by atoms with Crippen LogP contribution in [-0.2, 0) is 5.41 Å². The topological polar surface area (TPSA) is 24.4 Å². The van der Waals surface area contributed by atoms with Gasteiger partial charge < -0.3 is 4.72 Å². The molecular formula is C19H18N2S. The van der Waals surface area contributed by atoms with Gasteiger partial charge in [0.15, 0.2) is 0 Å². The number of aryl methyl sites for hydroxylation is 2. The summed E-state index contributed by atoms with van der Waals surface area (Å²) < 4.78 is 3.45. The van der Waals surface area contributed by atoms with E-state index in [0.717, 1.165) is 11.5 Å². The minimum Gasteiger partial charge on any atom is -0.313 e. The average Bonchev–Trinajstić information content (AvgIpc) is 2.79. The van der Waals surface area contributed by atoms with E-state index in [9.17, 15) is 0 Å². The Kier molecular flexibility index (Phi) is 2.95. The van der Waals surface area contributed by atoms with E-state index in [0.29, 0.717) is 0 Å². The molecular weight excluding hydrogens is 288 g/mol. The van der Waals surface area contributed by atoms with Gasteiger partial charge in [-0.1, -0.05) is 30.3 Å². The largest absolute Gasteiger partial charge is 0.313 e. The lowest BCUT2D eigenvalue weighted by Crippen LogP contribution is -2.34. The lowest BCUT2D eigenvalue weighted by Gasteiger charge is -2.22. The number of hydrogen-bond donors (Lipinski definition) is 1. The second-order valence-corrected chi connectivity index (χ2v) is 7.07. The van der Waals surface area contributed by atoms with Gasteiger partial charge in [-0.25, -0.2) is 4.99 Å². The van der Waals surface area contributed by atoms with Crippen LogP contribution >= 0.6 is 11.9 Å². The molecule has 22 heavy (non-hydrogen) atoms. The highest BCUT2D eigenvalue weighted by atomic mass is 32.2. The fraction of sp³-hybridized carbons (Fsp3) is 0.211. The van der Waals surface area contributed by atoms with E-state index in [4.69, 9.17) is 4.99 Å². The molecule has 2 aliphatic rings. The molecule has 2 aliphatic heterocycles. The minimum atomic E-state index is -0.177. The molecule has 4 rings (SSSR count). The van der Waals surface area contributed by atoms with Crippen LogP contribution in [0.15, 0.2) is 58.4 Å². The molecule has 2 aromatic rings. The summed E-state index contributed by atoms with van der Waals surface area (Å²) in [4.78, 5) is 6.17. The minimum absolute atomic E-state index is 0.177. The van der Waals surface area contributed by atoms with E-state index in [1.807, 2.05) is 0 Å². The summed E-state index contributed by atoms with van der Waals surface area (Å²) in [5.74, 6) is 1.02. The van der Waals surface area contributed by atoms with Crippen LogP contribution in [0.4, 0.5) is 0 Å². The number of rotatable bonds is 1. The van der Waals surface area contributed by atoms with Crippen molar-refractivity contribution < 1.29 is 0 Å². The molecule has 0 aliphatic carbocycles. The van der Waals surface area contributed by atoms with E-state index in [2.05, 4.69) is 74.0 Å². The Morgan fingerprint density at radius 3 is 2.55 bits per heavy atom. The normalized spacial score (nSPS) is 22.3. The Bertz CT molecular complexity index is 815. The summed E-state index contributed by atoms with van der Waals surface area (Å²) in [5, 5.41) is 0. The molecule has 0 radical (unpaired) electrons. The van der Waals surface area contributed by atoms with Crippen molar-refractivity contribution in [3.05, 3.63) is 70.8 Å². The standard InChI is InChI=1S/C19H18N2S/c1-12-6-4-7-13(2)17(12)16-11-19(3)14-8-5-9-15(10-14)22-21-18(19)20-16/h4-11H,1-3H3,(H,20,21). The van der Waals surface area contributed by atoms with Crippen LogP contribution in [0.5, 0.6) is 0 Å². The molecule has 2 aromatic carbocycles. The van der Waals surface area contributed by atoms with Crippen molar-refractivity contribution in [1.82, 2.24) is 4.72 Å². The number of amidine groups is 1. The molecule has 110 valence electrons. The first-order valence-electron chi connectivity index (χ1n) is 7.50. The van der Waals surface area contributed by atoms with Gasteiger partial charge >= 0.3 is 0 Å². The van der Waals surface area contributed by atoms with Gasteiger partial charge in [0.05, 0.1) is 11.1 Å². The number of hydrogen-bond acceptors (Lipinski definition) is 3. The Hall–Kier alpha value is -2.00. The Morgan fingerprint density at radius 1 is 1.05 bits per heavy atom. The highest BCUT2D eigenvalue weighted by Crippen LogP contribution is 2.41. The smallest absolute Gasteiger partial charge is 0.127 e. The lowest BCUT2D eigenvalue weighted by atomic mass is 9.81. The fourth-order valence-electron chi connectivity index (χ4n) is 3.30. The van der Waals surface area contributed by atoms with Crippen LogP contribution in [0.1, 0.15) is 29.2 Å². The molecule has 2 nitrogen and oxygen atoms in total. The molecule has 3 heteroatoms. The summed E-state index contributed by atoms with van der Waals surface area (Å²) in [7, 11) is 0. The third kappa shape index (κ3) is 1.92. The van der Waals surface area contributed by atoms with Crippen molar-refractivity contribution in [2.45, 2.75) is 31.1 Å². The maximum atomic E-state index is 4.94. The van der Waals surface area contributed by atoms with Crippen LogP contribution in [0.25, 0.3) is 5.70 Å². The highest BCUT2D eigenvalue weighted by Gasteiger charge is 2.38. The molecule has 2 heterocycles. The molecule has 1 atom stereocenters. The third-order valence-electron chi connectivity index (χ3n) is 4.59. The van der Waals surface area contributed by atoms with Gasteiger partial charge in [0.1, 0.15) is 5.84 Å². The van der Waals surface area contributed by atoms with Gasteiger partial charge in [0, 0.05) is 10.5 Å². The van der Waals surface area contributed by atoms with Crippen molar-refractivity contribution in [3.8, 4) is 0 Å². The van der Waals surface area contributed by atoms with E-state index in [1.54, 1.807) is 11.9 Å². The van der Waals surface area contributed by atoms with Crippen molar-refractivity contribution in [3.63, 3.8) is 0 Å². The summed E-state index contributed by atoms with van der Waals surface area (Å²) >= 11 is 1.64. The first-order chi connectivity index (χ1) is 10.6. The van der Waals surface area contributed by atoms with Crippen molar-refractivity contribution in [2.24, 2.45) is 4.99 Å². The van der Waals surface area contributed by atoms with Gasteiger partial charge in [-0.05, 0) is 67.6 Å². The molecule has 0 aromatic heterocycles. The van der Waals surface area contributed by atoms with Crippen LogP contribution < -0.4 is 4.72 Å². The second-order valence-electron chi connectivity index (χ2n) is 6.19. The van der Waals surface area contributed by atoms with Gasteiger partial charge in [0.2, 0.25) is 0 Å². The molecule has 1 N–H and O–H groups in total. The van der Waals surface area contributed by atoms with E-state index < -0.39 is 0 Å². The zero-order valence-corrected chi connectivity index (χ0v) is 13.8. The van der Waals surface area contributed by atoms with E-state index in [-0.39, 0.29) is 5.41 Å². The molecule has 0 amide bonds. The second kappa shape index (κ2) is 4.75. The predicted octanol–water partition coefficient (Wildman–Crippen LogP) is 4.62. The molecule has 1 unspecified atom stereocenters. The van der Waals surface area contributed by atoms with Crippen LogP contribution in [0.3, 0.4) is 0 Å². The molecule has 2 bridgehead atoms. The Morgan fingerprint density at radius 2 is 1.77 bits per heavy atom. The number of fused-ring (bicyclic) bond motifs is 4. The zero-order valence-electron chi connectivity index (χ0n) is 13.0. The van der Waals surface area contributed by atoms with Crippen LogP contribution in [0, 0.1) is 13.8 Å². The number of nitrogens with zero attached hydrogens (tertiary/aromatic N) is 1.